The van der Waals surface area contributed by atoms with Crippen molar-refractivity contribution in [2.45, 2.75) is 50.1 Å². The Kier molecular flexibility index (Phi) is 8.55. The number of halogens is 3. The lowest BCUT2D eigenvalue weighted by Crippen LogP contribution is -2.46. The summed E-state index contributed by atoms with van der Waals surface area (Å²) in [5.74, 6) is -1.25. The van der Waals surface area contributed by atoms with Crippen molar-refractivity contribution in [3.63, 3.8) is 0 Å². The maximum atomic E-state index is 13.5. The summed E-state index contributed by atoms with van der Waals surface area (Å²) in [7, 11) is -3.48. The van der Waals surface area contributed by atoms with Crippen LogP contribution in [0, 0.1) is 0 Å². The highest BCUT2D eigenvalue weighted by Crippen LogP contribution is 2.47. The van der Waals surface area contributed by atoms with Gasteiger partial charge in [-0.1, -0.05) is 0 Å². The molecule has 6 atom stereocenters. The number of nitrogens with zero attached hydrogens (tertiary/aromatic N) is 2. The van der Waals surface area contributed by atoms with Crippen LogP contribution in [0.5, 0.6) is 5.75 Å². The number of aromatic nitrogens is 2. The number of alkyl halides is 3. The molecule has 3 rings (SSSR count). The first kappa shape index (κ1) is 29.5. The molecule has 0 aliphatic carbocycles. The molecule has 1 aliphatic heterocycles. The lowest BCUT2D eigenvalue weighted by atomic mass is 9.96. The third-order valence-electron chi connectivity index (χ3n) is 5.58. The molecule has 1 fully saturated rings. The highest BCUT2D eigenvalue weighted by molar-refractivity contribution is 7.52. The van der Waals surface area contributed by atoms with E-state index in [0.29, 0.717) is 12.1 Å². The molecule has 0 spiro atoms. The van der Waals surface area contributed by atoms with Gasteiger partial charge in [0.25, 0.3) is 0 Å². The molecule has 5 N–H and O–H groups in total. The average molecular weight is 566 g/mol. The second-order valence-corrected chi connectivity index (χ2v) is 10.2. The number of nitrogen functional groups attached to an aromatic ring is 1. The Morgan fingerprint density at radius 1 is 1.34 bits per heavy atom. The number of hydrogen-bond donors (Lipinski definition) is 4. The first-order valence-corrected chi connectivity index (χ1v) is 12.5. The maximum Gasteiger partial charge on any atom is 0.459 e. The molecule has 1 aliphatic rings. The van der Waals surface area contributed by atoms with Gasteiger partial charge in [0.1, 0.15) is 35.4 Å². The summed E-state index contributed by atoms with van der Waals surface area (Å²) in [5, 5.41) is 23.8. The van der Waals surface area contributed by atoms with Gasteiger partial charge in [-0.25, -0.2) is 9.36 Å². The lowest BCUT2D eigenvalue weighted by Gasteiger charge is -2.27. The minimum atomic E-state index is -4.62. The summed E-state index contributed by atoms with van der Waals surface area (Å²) in [6, 6.07) is 3.17. The van der Waals surface area contributed by atoms with Crippen LogP contribution in [0.3, 0.4) is 0 Å². The number of ether oxygens (including phenoxy) is 2. The van der Waals surface area contributed by atoms with E-state index in [1.54, 1.807) is 0 Å². The molecule has 1 saturated heterocycles. The smallest absolute Gasteiger partial charge is 0.459 e. The standard InChI is InChI=1S/C21H26F3N4O9P/c1-11(17(30)34-3)27-38(33,37-13-6-4-12(5-7-13)21(22,23)24)35-10-14-16(29)20(2,32)18(36-14)28-9-8-15(25)26-19(28)31/h4-9,11,14,16,18,29,32H,10H2,1-3H3,(H,27,33)(H2,25,26,31)/t11-,14+,16+,18+,20+,38?/m0/s1. The minimum absolute atomic E-state index is 0.0866. The van der Waals surface area contributed by atoms with E-state index >= 15 is 0 Å². The van der Waals surface area contributed by atoms with Crippen molar-refractivity contribution in [2.75, 3.05) is 19.5 Å². The Balaban J connectivity index is 1.82. The number of aliphatic hydroxyl groups is 2. The van der Waals surface area contributed by atoms with E-state index in [-0.39, 0.29) is 11.6 Å². The third-order valence-corrected chi connectivity index (χ3v) is 7.22. The summed E-state index contributed by atoms with van der Waals surface area (Å²) >= 11 is 0. The molecule has 1 aromatic carbocycles. The topological polar surface area (TPSA) is 184 Å². The van der Waals surface area contributed by atoms with E-state index in [9.17, 15) is 37.5 Å². The van der Waals surface area contributed by atoms with Crippen LogP contribution in [-0.2, 0) is 29.5 Å². The number of carbonyl (C=O) groups excluding carboxylic acids is 1. The molecule has 38 heavy (non-hydrogen) atoms. The SMILES string of the molecule is COC(=O)[C@H](C)NP(=O)(OC[C@H]1O[C@@H](n2ccc(N)nc2=O)[C@](C)(O)[C@@H]1O)Oc1ccc(C(F)(F)F)cc1. The quantitative estimate of drug-likeness (QED) is 0.252. The molecule has 1 aromatic heterocycles. The Morgan fingerprint density at radius 3 is 2.53 bits per heavy atom. The molecular weight excluding hydrogens is 540 g/mol. The molecule has 210 valence electrons. The van der Waals surface area contributed by atoms with Gasteiger partial charge in [-0.3, -0.25) is 13.9 Å². The molecule has 17 heteroatoms. The average Bonchev–Trinajstić information content (AvgIpc) is 3.05. The second-order valence-electron chi connectivity index (χ2n) is 8.52. The van der Waals surface area contributed by atoms with Gasteiger partial charge in [-0.2, -0.15) is 23.2 Å². The van der Waals surface area contributed by atoms with Crippen LogP contribution >= 0.6 is 7.75 Å². The number of nitrogens with one attached hydrogen (secondary N) is 1. The van der Waals surface area contributed by atoms with Gasteiger partial charge in [-0.15, -0.1) is 0 Å². The number of hydrogen-bond acceptors (Lipinski definition) is 11. The van der Waals surface area contributed by atoms with Gasteiger partial charge in [0.05, 0.1) is 19.3 Å². The van der Waals surface area contributed by atoms with E-state index in [0.717, 1.165) is 23.8 Å². The van der Waals surface area contributed by atoms with Gasteiger partial charge < -0.3 is 29.9 Å². The van der Waals surface area contributed by atoms with E-state index in [2.05, 4.69) is 14.8 Å². The predicted molar refractivity (Wildman–Crippen MR) is 124 cm³/mol. The Hall–Kier alpha value is -3.01. The van der Waals surface area contributed by atoms with Crippen LogP contribution in [0.25, 0.3) is 0 Å². The lowest BCUT2D eigenvalue weighted by molar-refractivity contribution is -0.142. The molecule has 0 radical (unpaired) electrons. The molecule has 2 aromatic rings. The fraction of sp³-hybridized carbons (Fsp3) is 0.476. The van der Waals surface area contributed by atoms with E-state index < -0.39 is 67.8 Å². The minimum Gasteiger partial charge on any atom is -0.468 e. The molecule has 0 amide bonds. The van der Waals surface area contributed by atoms with Gasteiger partial charge in [0.15, 0.2) is 6.23 Å². The summed E-state index contributed by atoms with van der Waals surface area (Å²) in [6.07, 6.45) is -7.96. The molecule has 2 heterocycles. The van der Waals surface area contributed by atoms with Crippen molar-refractivity contribution in [1.82, 2.24) is 14.6 Å². The highest BCUT2D eigenvalue weighted by atomic mass is 31.2. The fourth-order valence-corrected chi connectivity index (χ4v) is 5.06. The molecule has 1 unspecified atom stereocenters. The third kappa shape index (κ3) is 6.51. The number of esters is 1. The van der Waals surface area contributed by atoms with Crippen LogP contribution in [0.2, 0.25) is 0 Å². The van der Waals surface area contributed by atoms with Crippen molar-refractivity contribution < 1.29 is 51.3 Å². The second kappa shape index (κ2) is 11.0. The zero-order valence-electron chi connectivity index (χ0n) is 20.3. The largest absolute Gasteiger partial charge is 0.468 e. The summed E-state index contributed by atoms with van der Waals surface area (Å²) in [5.41, 5.74) is 1.55. The van der Waals surface area contributed by atoms with Gasteiger partial charge in [-0.05, 0) is 44.2 Å². The molecule has 13 nitrogen and oxygen atoms in total. The number of nitrogens with two attached hydrogens (primary N) is 1. The number of rotatable bonds is 9. The van der Waals surface area contributed by atoms with Crippen molar-refractivity contribution in [1.29, 1.82) is 0 Å². The number of anilines is 1. The summed E-state index contributed by atoms with van der Waals surface area (Å²) in [4.78, 5) is 27.6. The Morgan fingerprint density at radius 2 is 1.97 bits per heavy atom. The first-order valence-electron chi connectivity index (χ1n) is 10.9. The van der Waals surface area contributed by atoms with E-state index in [1.165, 1.54) is 26.1 Å². The van der Waals surface area contributed by atoms with E-state index in [4.69, 9.17) is 19.5 Å². The first-order chi connectivity index (χ1) is 17.6. The number of benzene rings is 1. The van der Waals surface area contributed by atoms with Gasteiger partial charge >= 0.3 is 25.6 Å². The zero-order chi connectivity index (χ0) is 28.5. The van der Waals surface area contributed by atoms with E-state index in [1.807, 2.05) is 0 Å². The Labute approximate surface area is 213 Å². The van der Waals surface area contributed by atoms with Crippen LogP contribution in [0.1, 0.15) is 25.6 Å². The maximum absolute atomic E-state index is 13.5. The molecule has 0 bridgehead atoms. The van der Waals surface area contributed by atoms with Crippen LogP contribution in [-0.4, -0.2) is 63.3 Å². The molecule has 0 saturated carbocycles. The van der Waals surface area contributed by atoms with Crippen LogP contribution in [0.15, 0.2) is 41.3 Å². The normalized spacial score (nSPS) is 25.9. The predicted octanol–water partition coefficient (Wildman–Crippen LogP) is 1.21. The van der Waals surface area contributed by atoms with Gasteiger partial charge in [0.2, 0.25) is 0 Å². The van der Waals surface area contributed by atoms with Crippen molar-refractivity contribution in [3.05, 3.63) is 52.6 Å². The van der Waals surface area contributed by atoms with Gasteiger partial charge in [0, 0.05) is 6.20 Å². The Bertz CT molecular complexity index is 1260. The highest BCUT2D eigenvalue weighted by Gasteiger charge is 2.54. The molecular formula is C21H26F3N4O9P. The van der Waals surface area contributed by atoms with Crippen LogP contribution < -0.4 is 21.0 Å². The number of aliphatic hydroxyl groups excluding tert-OH is 1. The summed E-state index contributed by atoms with van der Waals surface area (Å²) < 4.78 is 73.8. The number of carbonyl (C=O) groups is 1. The van der Waals surface area contributed by atoms with Crippen molar-refractivity contribution in [3.8, 4) is 5.75 Å². The zero-order valence-corrected chi connectivity index (χ0v) is 21.2. The van der Waals surface area contributed by atoms with Crippen molar-refractivity contribution >= 4 is 19.5 Å². The summed E-state index contributed by atoms with van der Waals surface area (Å²) in [6.45, 7) is 1.73. The van der Waals surface area contributed by atoms with Crippen molar-refractivity contribution in [2.24, 2.45) is 0 Å². The monoisotopic (exact) mass is 566 g/mol. The fourth-order valence-electron chi connectivity index (χ4n) is 3.55. The van der Waals surface area contributed by atoms with Crippen LogP contribution in [0.4, 0.5) is 19.0 Å². The number of methoxy groups -OCH3 is 1.